The number of benzene rings is 1. The highest BCUT2D eigenvalue weighted by molar-refractivity contribution is 6.45. The average Bonchev–Trinajstić information content (AvgIpc) is 2.59. The van der Waals surface area contributed by atoms with E-state index in [-0.39, 0.29) is 0 Å². The minimum Gasteiger partial charge on any atom is -0.251 e. The number of aryl methyl sites for hydroxylation is 1. The summed E-state index contributed by atoms with van der Waals surface area (Å²) in [4.78, 5) is 4.70. The van der Waals surface area contributed by atoms with Gasteiger partial charge in [0.25, 0.3) is 0 Å². The molecule has 1 aromatic heterocycles. The summed E-state index contributed by atoms with van der Waals surface area (Å²) in [5.74, 6) is 0. The van der Waals surface area contributed by atoms with Gasteiger partial charge in [0, 0.05) is 11.1 Å². The molecule has 1 heterocycles. The second-order valence-electron chi connectivity index (χ2n) is 4.66. The maximum absolute atomic E-state index is 6.53. The van der Waals surface area contributed by atoms with Crippen LogP contribution in [0.5, 0.6) is 0 Å². The van der Waals surface area contributed by atoms with Crippen LogP contribution in [0.2, 0.25) is 15.1 Å². The van der Waals surface area contributed by atoms with Gasteiger partial charge in [-0.15, -0.1) is 0 Å². The summed E-state index contributed by atoms with van der Waals surface area (Å²) in [6, 6.07) is 3.56. The Bertz CT molecular complexity index is 622. The molecule has 0 amide bonds. The largest absolute Gasteiger partial charge is 0.251 e. The molecule has 2 aromatic rings. The van der Waals surface area contributed by atoms with Crippen LogP contribution >= 0.6 is 34.8 Å². The zero-order valence-corrected chi connectivity index (χ0v) is 12.0. The molecule has 94 valence electrons. The number of hydrogen-bond donors (Lipinski definition) is 0. The average molecular weight is 301 g/mol. The quantitative estimate of drug-likeness (QED) is 0.588. The molecule has 3 rings (SSSR count). The first-order valence-electron chi connectivity index (χ1n) is 6.13. The molecule has 0 saturated heterocycles. The smallest absolute Gasteiger partial charge is 0.0921 e. The number of hydrogen-bond acceptors (Lipinski definition) is 1. The summed E-state index contributed by atoms with van der Waals surface area (Å²) in [5, 5.41) is 2.78. The van der Waals surface area contributed by atoms with Crippen molar-refractivity contribution in [3.8, 4) is 0 Å². The van der Waals surface area contributed by atoms with Gasteiger partial charge in [-0.25, -0.2) is 0 Å². The van der Waals surface area contributed by atoms with Crippen molar-refractivity contribution in [3.63, 3.8) is 0 Å². The Morgan fingerprint density at radius 3 is 2.44 bits per heavy atom. The molecule has 0 saturated carbocycles. The van der Waals surface area contributed by atoms with Crippen molar-refractivity contribution in [2.45, 2.75) is 32.1 Å². The van der Waals surface area contributed by atoms with E-state index in [1.54, 1.807) is 12.1 Å². The first-order valence-corrected chi connectivity index (χ1v) is 7.27. The van der Waals surface area contributed by atoms with Crippen LogP contribution in [0.15, 0.2) is 12.1 Å². The van der Waals surface area contributed by atoms with Crippen LogP contribution in [-0.4, -0.2) is 4.98 Å². The number of pyridine rings is 1. The lowest BCUT2D eigenvalue weighted by Gasteiger charge is -2.12. The van der Waals surface area contributed by atoms with Crippen LogP contribution in [-0.2, 0) is 12.8 Å². The molecular weight excluding hydrogens is 289 g/mol. The molecular formula is C14H12Cl3N. The molecule has 4 heteroatoms. The van der Waals surface area contributed by atoms with E-state index in [0.29, 0.717) is 10.0 Å². The third-order valence-corrected chi connectivity index (χ3v) is 4.53. The van der Waals surface area contributed by atoms with Gasteiger partial charge >= 0.3 is 0 Å². The molecule has 0 fully saturated rings. The minimum atomic E-state index is 0.614. The van der Waals surface area contributed by atoms with E-state index in [0.717, 1.165) is 46.4 Å². The van der Waals surface area contributed by atoms with Gasteiger partial charge < -0.3 is 0 Å². The summed E-state index contributed by atoms with van der Waals surface area (Å²) in [6.45, 7) is 0. The number of halogens is 3. The van der Waals surface area contributed by atoms with Crippen LogP contribution in [0.1, 0.15) is 30.5 Å². The normalized spacial score (nSPS) is 15.5. The zero-order valence-electron chi connectivity index (χ0n) is 9.77. The summed E-state index contributed by atoms with van der Waals surface area (Å²) in [7, 11) is 0. The maximum atomic E-state index is 6.53. The fraction of sp³-hybridized carbons (Fsp3) is 0.357. The number of aromatic nitrogens is 1. The third-order valence-electron chi connectivity index (χ3n) is 3.50. The van der Waals surface area contributed by atoms with Gasteiger partial charge in [0.15, 0.2) is 0 Å². The van der Waals surface area contributed by atoms with Crippen LogP contribution in [0.4, 0.5) is 0 Å². The number of fused-ring (bicyclic) bond motifs is 2. The molecule has 0 bridgehead atoms. The highest BCUT2D eigenvalue weighted by Gasteiger charge is 2.18. The first kappa shape index (κ1) is 12.5. The maximum Gasteiger partial charge on any atom is 0.0921 e. The molecule has 1 aromatic carbocycles. The molecule has 0 aliphatic heterocycles. The van der Waals surface area contributed by atoms with Gasteiger partial charge in [0.1, 0.15) is 0 Å². The van der Waals surface area contributed by atoms with Gasteiger partial charge in [-0.2, -0.15) is 0 Å². The van der Waals surface area contributed by atoms with Crippen molar-refractivity contribution >= 4 is 45.7 Å². The van der Waals surface area contributed by atoms with Crippen molar-refractivity contribution in [3.05, 3.63) is 38.5 Å². The molecule has 0 radical (unpaired) electrons. The predicted molar refractivity (Wildman–Crippen MR) is 78.0 cm³/mol. The third kappa shape index (κ3) is 1.99. The van der Waals surface area contributed by atoms with Crippen molar-refractivity contribution in [1.29, 1.82) is 0 Å². The second kappa shape index (κ2) is 4.88. The van der Waals surface area contributed by atoms with Crippen molar-refractivity contribution < 1.29 is 0 Å². The summed E-state index contributed by atoms with van der Waals surface area (Å²) < 4.78 is 0. The molecule has 1 aliphatic carbocycles. The Hall–Kier alpha value is -0.500. The van der Waals surface area contributed by atoms with Crippen LogP contribution in [0.25, 0.3) is 10.9 Å². The topological polar surface area (TPSA) is 12.9 Å². The summed E-state index contributed by atoms with van der Waals surface area (Å²) in [5.41, 5.74) is 2.98. The molecule has 0 spiro atoms. The zero-order chi connectivity index (χ0) is 12.7. The summed E-state index contributed by atoms with van der Waals surface area (Å²) in [6.07, 6.45) is 5.52. The Morgan fingerprint density at radius 1 is 0.889 bits per heavy atom. The molecule has 0 N–H and O–H groups in total. The molecule has 0 unspecified atom stereocenters. The van der Waals surface area contributed by atoms with Crippen LogP contribution in [0, 0.1) is 0 Å². The summed E-state index contributed by atoms with van der Waals surface area (Å²) >= 11 is 19.0. The van der Waals surface area contributed by atoms with Gasteiger partial charge in [0.2, 0.25) is 0 Å². The lowest BCUT2D eigenvalue weighted by molar-refractivity contribution is 0.709. The van der Waals surface area contributed by atoms with E-state index >= 15 is 0 Å². The van der Waals surface area contributed by atoms with E-state index in [9.17, 15) is 0 Å². The molecule has 1 nitrogen and oxygen atoms in total. The Kier molecular flexibility index (Phi) is 3.40. The Balaban J connectivity index is 2.38. The lowest BCUT2D eigenvalue weighted by Crippen LogP contribution is -1.99. The van der Waals surface area contributed by atoms with Crippen molar-refractivity contribution in [2.24, 2.45) is 0 Å². The van der Waals surface area contributed by atoms with Crippen molar-refractivity contribution in [2.75, 3.05) is 0 Å². The van der Waals surface area contributed by atoms with E-state index in [4.69, 9.17) is 39.8 Å². The second-order valence-corrected chi connectivity index (χ2v) is 5.86. The van der Waals surface area contributed by atoms with Crippen LogP contribution in [0.3, 0.4) is 0 Å². The molecule has 0 atom stereocenters. The Morgan fingerprint density at radius 2 is 1.61 bits per heavy atom. The van der Waals surface area contributed by atoms with Gasteiger partial charge in [0.05, 0.1) is 20.6 Å². The van der Waals surface area contributed by atoms with Gasteiger partial charge in [-0.1, -0.05) is 41.2 Å². The van der Waals surface area contributed by atoms with E-state index in [1.165, 1.54) is 12.8 Å². The first-order chi connectivity index (χ1) is 8.68. The van der Waals surface area contributed by atoms with Crippen molar-refractivity contribution in [1.82, 2.24) is 4.98 Å². The SMILES string of the molecule is Clc1ccc(Cl)c2c(Cl)c3c(nc12)CCCCC3. The van der Waals surface area contributed by atoms with Crippen LogP contribution < -0.4 is 0 Å². The lowest BCUT2D eigenvalue weighted by atomic mass is 10.0. The molecule has 18 heavy (non-hydrogen) atoms. The minimum absolute atomic E-state index is 0.614. The fourth-order valence-electron chi connectivity index (χ4n) is 2.57. The van der Waals surface area contributed by atoms with Gasteiger partial charge in [-0.05, 0) is 43.4 Å². The monoisotopic (exact) mass is 299 g/mol. The predicted octanol–water partition coefficient (Wildman–Crippen LogP) is 5.46. The van der Waals surface area contributed by atoms with E-state index in [2.05, 4.69) is 0 Å². The highest BCUT2D eigenvalue weighted by atomic mass is 35.5. The Labute approximate surface area is 121 Å². The molecule has 1 aliphatic rings. The number of nitrogens with zero attached hydrogens (tertiary/aromatic N) is 1. The number of rotatable bonds is 0. The van der Waals surface area contributed by atoms with E-state index in [1.807, 2.05) is 0 Å². The van der Waals surface area contributed by atoms with E-state index < -0.39 is 0 Å². The standard InChI is InChI=1S/C14H12Cl3N/c15-9-6-7-10(16)14-12(9)13(17)8-4-2-1-3-5-11(8)18-14/h6-7H,1-5H2. The highest BCUT2D eigenvalue weighted by Crippen LogP contribution is 2.38. The fourth-order valence-corrected chi connectivity index (χ4v) is 3.46. The van der Waals surface area contributed by atoms with Gasteiger partial charge in [-0.3, -0.25) is 4.98 Å².